The van der Waals surface area contributed by atoms with E-state index in [-0.39, 0.29) is 5.92 Å². The van der Waals surface area contributed by atoms with Crippen molar-refractivity contribution in [2.45, 2.75) is 19.3 Å². The lowest BCUT2D eigenvalue weighted by atomic mass is 9.89. The first-order valence-corrected chi connectivity index (χ1v) is 8.36. The van der Waals surface area contributed by atoms with Crippen LogP contribution < -0.4 is 4.18 Å². The fourth-order valence-corrected chi connectivity index (χ4v) is 2.81. The molecular formula is C16H18O3S. The van der Waals surface area contributed by atoms with Gasteiger partial charge in [0.2, 0.25) is 0 Å². The van der Waals surface area contributed by atoms with Crippen LogP contribution in [0.5, 0.6) is 5.75 Å². The van der Waals surface area contributed by atoms with Gasteiger partial charge in [-0.1, -0.05) is 55.5 Å². The number of benzene rings is 2. The van der Waals surface area contributed by atoms with Crippen molar-refractivity contribution in [3.63, 3.8) is 0 Å². The van der Waals surface area contributed by atoms with Crippen molar-refractivity contribution in [2.24, 2.45) is 0 Å². The summed E-state index contributed by atoms with van der Waals surface area (Å²) in [5.41, 5.74) is 2.05. The van der Waals surface area contributed by atoms with E-state index in [1.165, 1.54) is 0 Å². The number of rotatable bonds is 5. The smallest absolute Gasteiger partial charge is 0.306 e. The number of hydrogen-bond donors (Lipinski definition) is 0. The average Bonchev–Trinajstić information content (AvgIpc) is 2.41. The Labute approximate surface area is 120 Å². The zero-order valence-electron chi connectivity index (χ0n) is 11.6. The molecule has 0 saturated heterocycles. The van der Waals surface area contributed by atoms with E-state index in [0.29, 0.717) is 5.75 Å². The SMILES string of the molecule is CCC(c1ccccc1)c1ccccc1OS(C)(=O)=O. The van der Waals surface area contributed by atoms with Crippen molar-refractivity contribution in [1.82, 2.24) is 0 Å². The third-order valence-electron chi connectivity index (χ3n) is 3.15. The monoisotopic (exact) mass is 290 g/mol. The van der Waals surface area contributed by atoms with E-state index >= 15 is 0 Å². The third kappa shape index (κ3) is 3.61. The highest BCUT2D eigenvalue weighted by atomic mass is 32.2. The predicted octanol–water partition coefficient (Wildman–Crippen LogP) is 3.57. The molecule has 2 aromatic rings. The lowest BCUT2D eigenvalue weighted by molar-refractivity contribution is 0.487. The molecule has 0 bridgehead atoms. The largest absolute Gasteiger partial charge is 0.382 e. The van der Waals surface area contributed by atoms with E-state index < -0.39 is 10.1 Å². The van der Waals surface area contributed by atoms with Crippen molar-refractivity contribution in [3.8, 4) is 5.75 Å². The molecule has 3 nitrogen and oxygen atoms in total. The van der Waals surface area contributed by atoms with Crippen LogP contribution in [0.4, 0.5) is 0 Å². The molecule has 0 aromatic heterocycles. The van der Waals surface area contributed by atoms with Gasteiger partial charge >= 0.3 is 10.1 Å². The van der Waals surface area contributed by atoms with Gasteiger partial charge in [-0.15, -0.1) is 0 Å². The zero-order chi connectivity index (χ0) is 14.6. The molecule has 2 aromatic carbocycles. The Morgan fingerprint density at radius 2 is 1.60 bits per heavy atom. The summed E-state index contributed by atoms with van der Waals surface area (Å²) in [4.78, 5) is 0. The molecule has 0 aliphatic heterocycles. The maximum atomic E-state index is 11.4. The van der Waals surface area contributed by atoms with Gasteiger partial charge in [0.1, 0.15) is 5.75 Å². The Morgan fingerprint density at radius 3 is 2.20 bits per heavy atom. The summed E-state index contributed by atoms with van der Waals surface area (Å²) in [7, 11) is -3.52. The lowest BCUT2D eigenvalue weighted by Crippen LogP contribution is -2.09. The van der Waals surface area contributed by atoms with Crippen molar-refractivity contribution >= 4 is 10.1 Å². The highest BCUT2D eigenvalue weighted by Gasteiger charge is 2.18. The topological polar surface area (TPSA) is 43.4 Å². The first-order chi connectivity index (χ1) is 9.51. The fraction of sp³-hybridized carbons (Fsp3) is 0.250. The van der Waals surface area contributed by atoms with Crippen molar-refractivity contribution in [1.29, 1.82) is 0 Å². The minimum Gasteiger partial charge on any atom is -0.382 e. The molecule has 0 aliphatic rings. The molecule has 20 heavy (non-hydrogen) atoms. The second-order valence-corrected chi connectivity index (χ2v) is 6.27. The normalized spacial score (nSPS) is 12.9. The Hall–Kier alpha value is -1.81. The van der Waals surface area contributed by atoms with Gasteiger partial charge in [-0.2, -0.15) is 8.42 Å². The van der Waals surface area contributed by atoms with Gasteiger partial charge in [-0.25, -0.2) is 0 Å². The van der Waals surface area contributed by atoms with Crippen LogP contribution in [0.3, 0.4) is 0 Å². The Balaban J connectivity index is 2.45. The number of hydrogen-bond acceptors (Lipinski definition) is 3. The zero-order valence-corrected chi connectivity index (χ0v) is 12.4. The molecule has 0 spiro atoms. The molecule has 1 unspecified atom stereocenters. The quantitative estimate of drug-likeness (QED) is 0.791. The van der Waals surface area contributed by atoms with Gasteiger partial charge in [0.25, 0.3) is 0 Å². The third-order valence-corrected chi connectivity index (χ3v) is 3.63. The molecule has 0 fully saturated rings. The van der Waals surface area contributed by atoms with Gasteiger partial charge in [0.05, 0.1) is 6.26 Å². The Kier molecular flexibility index (Phi) is 4.45. The van der Waals surface area contributed by atoms with Gasteiger partial charge in [0.15, 0.2) is 0 Å². The first-order valence-electron chi connectivity index (χ1n) is 6.54. The average molecular weight is 290 g/mol. The van der Waals surface area contributed by atoms with Gasteiger partial charge in [-0.05, 0) is 18.1 Å². The van der Waals surface area contributed by atoms with E-state index in [1.54, 1.807) is 12.1 Å². The highest BCUT2D eigenvalue weighted by Crippen LogP contribution is 2.34. The van der Waals surface area contributed by atoms with Crippen LogP contribution in [0, 0.1) is 0 Å². The van der Waals surface area contributed by atoms with Crippen LogP contribution in [0.15, 0.2) is 54.6 Å². The van der Waals surface area contributed by atoms with Gasteiger partial charge in [-0.3, -0.25) is 0 Å². The molecule has 0 radical (unpaired) electrons. The van der Waals surface area contributed by atoms with Crippen molar-refractivity contribution in [3.05, 3.63) is 65.7 Å². The fourth-order valence-electron chi connectivity index (χ4n) is 2.33. The summed E-state index contributed by atoms with van der Waals surface area (Å²) in [5, 5.41) is 0. The molecule has 0 aliphatic carbocycles. The van der Waals surface area contributed by atoms with Crippen LogP contribution in [0.2, 0.25) is 0 Å². The minimum atomic E-state index is -3.52. The van der Waals surface area contributed by atoms with Gasteiger partial charge in [0, 0.05) is 11.5 Å². The summed E-state index contributed by atoms with van der Waals surface area (Å²) >= 11 is 0. The first kappa shape index (κ1) is 14.6. The van der Waals surface area contributed by atoms with E-state index in [1.807, 2.05) is 42.5 Å². The number of para-hydroxylation sites is 1. The van der Waals surface area contributed by atoms with E-state index in [4.69, 9.17) is 4.18 Å². The maximum absolute atomic E-state index is 11.4. The summed E-state index contributed by atoms with van der Waals surface area (Å²) in [6, 6.07) is 17.3. The lowest BCUT2D eigenvalue weighted by Gasteiger charge is -2.19. The Bertz CT molecular complexity index is 663. The summed E-state index contributed by atoms with van der Waals surface area (Å²) in [6.07, 6.45) is 1.93. The second kappa shape index (κ2) is 6.09. The summed E-state index contributed by atoms with van der Waals surface area (Å²) in [6.45, 7) is 2.08. The molecule has 1 atom stereocenters. The van der Waals surface area contributed by atoms with E-state index in [2.05, 4.69) is 6.92 Å². The molecular weight excluding hydrogens is 272 g/mol. The molecule has 0 amide bonds. The molecule has 106 valence electrons. The van der Waals surface area contributed by atoms with E-state index in [0.717, 1.165) is 23.8 Å². The second-order valence-electron chi connectivity index (χ2n) is 4.70. The molecule has 0 saturated carbocycles. The van der Waals surface area contributed by atoms with Gasteiger partial charge < -0.3 is 4.18 Å². The van der Waals surface area contributed by atoms with E-state index in [9.17, 15) is 8.42 Å². The van der Waals surface area contributed by atoms with Crippen LogP contribution in [0.1, 0.15) is 30.4 Å². The summed E-state index contributed by atoms with van der Waals surface area (Å²) in [5.74, 6) is 0.528. The standard InChI is InChI=1S/C16H18O3S/c1-3-14(13-9-5-4-6-10-13)15-11-7-8-12-16(15)19-20(2,17)18/h4-12,14H,3H2,1-2H3. The van der Waals surface area contributed by atoms with Crippen LogP contribution >= 0.6 is 0 Å². The maximum Gasteiger partial charge on any atom is 0.306 e. The Morgan fingerprint density at radius 1 is 1.00 bits per heavy atom. The highest BCUT2D eigenvalue weighted by molar-refractivity contribution is 7.86. The van der Waals surface area contributed by atoms with Crippen molar-refractivity contribution in [2.75, 3.05) is 6.26 Å². The molecule has 0 heterocycles. The van der Waals surface area contributed by atoms with Crippen molar-refractivity contribution < 1.29 is 12.6 Å². The molecule has 4 heteroatoms. The van der Waals surface area contributed by atoms with Crippen LogP contribution in [-0.4, -0.2) is 14.7 Å². The molecule has 0 N–H and O–H groups in total. The van der Waals surface area contributed by atoms with Crippen LogP contribution in [0.25, 0.3) is 0 Å². The minimum absolute atomic E-state index is 0.120. The molecule has 2 rings (SSSR count). The summed E-state index contributed by atoms with van der Waals surface area (Å²) < 4.78 is 27.9. The predicted molar refractivity (Wildman–Crippen MR) is 80.5 cm³/mol. The van der Waals surface area contributed by atoms with Crippen LogP contribution in [-0.2, 0) is 10.1 Å².